The summed E-state index contributed by atoms with van der Waals surface area (Å²) in [5.41, 5.74) is 4.12. The number of piperidine rings is 1. The SMILES string of the molecule is COc1cccc(OCC(NC(=O)C(C)(C)OC(N)=O)C(=O)N2CCC3=NN(C)C(=O)[C@]3(Cc3ccccc3)C2)c1. The lowest BCUT2D eigenvalue weighted by Gasteiger charge is -2.40. The number of benzene rings is 2. The third kappa shape index (κ3) is 6.42. The second-order valence-electron chi connectivity index (χ2n) is 10.6. The van der Waals surface area contributed by atoms with Crippen molar-refractivity contribution in [2.24, 2.45) is 16.3 Å². The van der Waals surface area contributed by atoms with E-state index in [1.54, 1.807) is 36.2 Å². The van der Waals surface area contributed by atoms with E-state index in [0.29, 0.717) is 30.9 Å². The average Bonchev–Trinajstić information content (AvgIpc) is 3.19. The number of hydrogen-bond donors (Lipinski definition) is 2. The number of nitrogens with two attached hydrogens (primary N) is 1. The van der Waals surface area contributed by atoms with Gasteiger partial charge in [-0.25, -0.2) is 9.80 Å². The van der Waals surface area contributed by atoms with E-state index >= 15 is 0 Å². The molecule has 0 radical (unpaired) electrons. The average molecular weight is 566 g/mol. The van der Waals surface area contributed by atoms with Crippen molar-refractivity contribution in [2.45, 2.75) is 38.3 Å². The highest BCUT2D eigenvalue weighted by atomic mass is 16.6. The molecule has 2 atom stereocenters. The quantitative estimate of drug-likeness (QED) is 0.445. The van der Waals surface area contributed by atoms with Crippen LogP contribution in [0.5, 0.6) is 11.5 Å². The number of carbonyl (C=O) groups excluding carboxylic acids is 4. The Balaban J connectivity index is 1.60. The third-order valence-electron chi connectivity index (χ3n) is 7.23. The molecule has 0 saturated carbocycles. The first kappa shape index (κ1) is 29.4. The number of nitrogens with zero attached hydrogens (tertiary/aromatic N) is 3. The van der Waals surface area contributed by atoms with Crippen LogP contribution in [-0.4, -0.2) is 84.9 Å². The van der Waals surface area contributed by atoms with Gasteiger partial charge in [0.2, 0.25) is 5.91 Å². The molecule has 2 aliphatic rings. The topological polar surface area (TPSA) is 153 Å². The minimum Gasteiger partial charge on any atom is -0.497 e. The maximum Gasteiger partial charge on any atom is 0.405 e. The fourth-order valence-corrected chi connectivity index (χ4v) is 5.11. The van der Waals surface area contributed by atoms with Crippen molar-refractivity contribution >= 4 is 29.5 Å². The number of hydrogen-bond acceptors (Lipinski definition) is 8. The highest BCUT2D eigenvalue weighted by Gasteiger charge is 2.54. The van der Waals surface area contributed by atoms with Gasteiger partial charge in [-0.15, -0.1) is 0 Å². The second kappa shape index (κ2) is 11.9. The van der Waals surface area contributed by atoms with Gasteiger partial charge in [-0.3, -0.25) is 14.4 Å². The molecule has 0 bridgehead atoms. The summed E-state index contributed by atoms with van der Waals surface area (Å²) in [5, 5.41) is 8.49. The maximum absolute atomic E-state index is 14.0. The van der Waals surface area contributed by atoms with E-state index in [-0.39, 0.29) is 19.1 Å². The molecule has 1 saturated heterocycles. The molecule has 3 N–H and O–H groups in total. The Bertz CT molecular complexity index is 1350. The summed E-state index contributed by atoms with van der Waals surface area (Å²) in [4.78, 5) is 53.5. The van der Waals surface area contributed by atoms with Crippen molar-refractivity contribution < 1.29 is 33.4 Å². The Kier molecular flexibility index (Phi) is 8.50. The Labute approximate surface area is 238 Å². The van der Waals surface area contributed by atoms with Crippen LogP contribution >= 0.6 is 0 Å². The smallest absolute Gasteiger partial charge is 0.405 e. The number of nitrogens with one attached hydrogen (secondary N) is 1. The van der Waals surface area contributed by atoms with Crippen LogP contribution in [0.3, 0.4) is 0 Å². The van der Waals surface area contributed by atoms with Crippen LogP contribution in [0.15, 0.2) is 59.7 Å². The molecule has 4 rings (SSSR count). The molecule has 0 aliphatic carbocycles. The van der Waals surface area contributed by atoms with Gasteiger partial charge < -0.3 is 30.2 Å². The number of methoxy groups -OCH3 is 1. The molecule has 41 heavy (non-hydrogen) atoms. The van der Waals surface area contributed by atoms with Crippen molar-refractivity contribution in [3.05, 3.63) is 60.2 Å². The molecular formula is C29H35N5O7. The Morgan fingerprint density at radius 2 is 1.83 bits per heavy atom. The van der Waals surface area contributed by atoms with Gasteiger partial charge in [0.1, 0.15) is 29.6 Å². The van der Waals surface area contributed by atoms with Gasteiger partial charge >= 0.3 is 6.09 Å². The van der Waals surface area contributed by atoms with Crippen molar-refractivity contribution in [1.29, 1.82) is 0 Å². The lowest BCUT2D eigenvalue weighted by Crippen LogP contribution is -2.61. The van der Waals surface area contributed by atoms with Gasteiger partial charge in [-0.2, -0.15) is 5.10 Å². The van der Waals surface area contributed by atoms with Crippen molar-refractivity contribution in [3.63, 3.8) is 0 Å². The van der Waals surface area contributed by atoms with Crippen molar-refractivity contribution in [2.75, 3.05) is 33.9 Å². The molecule has 2 heterocycles. The zero-order valence-electron chi connectivity index (χ0n) is 23.6. The van der Waals surface area contributed by atoms with Gasteiger partial charge in [-0.05, 0) is 38.0 Å². The monoisotopic (exact) mass is 565 g/mol. The summed E-state index contributed by atoms with van der Waals surface area (Å²) >= 11 is 0. The summed E-state index contributed by atoms with van der Waals surface area (Å²) in [6.07, 6.45) is -0.367. The molecule has 1 unspecified atom stereocenters. The van der Waals surface area contributed by atoms with E-state index < -0.39 is 35.0 Å². The lowest BCUT2D eigenvalue weighted by atomic mass is 9.73. The van der Waals surface area contributed by atoms with Crippen molar-refractivity contribution in [1.82, 2.24) is 15.2 Å². The van der Waals surface area contributed by atoms with Crippen LogP contribution in [0, 0.1) is 5.41 Å². The van der Waals surface area contributed by atoms with Crippen LogP contribution in [-0.2, 0) is 25.5 Å². The highest BCUT2D eigenvalue weighted by molar-refractivity contribution is 6.13. The molecule has 2 aromatic rings. The molecule has 12 heteroatoms. The molecule has 2 aromatic carbocycles. The molecule has 4 amide bonds. The van der Waals surface area contributed by atoms with Gasteiger partial charge in [0.15, 0.2) is 5.60 Å². The highest BCUT2D eigenvalue weighted by Crippen LogP contribution is 2.38. The zero-order chi connectivity index (χ0) is 29.8. The molecule has 2 aliphatic heterocycles. The number of rotatable bonds is 10. The van der Waals surface area contributed by atoms with Gasteiger partial charge in [0, 0.05) is 32.6 Å². The lowest BCUT2D eigenvalue weighted by molar-refractivity contribution is -0.145. The first-order chi connectivity index (χ1) is 19.4. The second-order valence-corrected chi connectivity index (χ2v) is 10.6. The Morgan fingerprint density at radius 1 is 1.12 bits per heavy atom. The first-order valence-corrected chi connectivity index (χ1v) is 13.2. The summed E-state index contributed by atoms with van der Waals surface area (Å²) in [5.74, 6) is -0.410. The minimum atomic E-state index is -1.65. The van der Waals surface area contributed by atoms with Gasteiger partial charge in [-0.1, -0.05) is 36.4 Å². The molecular weight excluding hydrogens is 530 g/mol. The minimum absolute atomic E-state index is 0.0788. The normalized spacial score (nSPS) is 19.1. The number of amides is 4. The van der Waals surface area contributed by atoms with Crippen LogP contribution in [0.2, 0.25) is 0 Å². The van der Waals surface area contributed by atoms with Gasteiger partial charge in [0.05, 0.1) is 12.8 Å². The predicted molar refractivity (Wildman–Crippen MR) is 149 cm³/mol. The van der Waals surface area contributed by atoms with Crippen LogP contribution in [0.25, 0.3) is 0 Å². The first-order valence-electron chi connectivity index (χ1n) is 13.2. The van der Waals surface area contributed by atoms with Crippen LogP contribution in [0.1, 0.15) is 25.8 Å². The van der Waals surface area contributed by atoms with E-state index in [1.807, 2.05) is 30.3 Å². The number of carbonyl (C=O) groups is 4. The molecule has 1 fully saturated rings. The summed E-state index contributed by atoms with van der Waals surface area (Å²) in [6, 6.07) is 15.2. The summed E-state index contributed by atoms with van der Waals surface area (Å²) in [6.45, 7) is 2.87. The van der Waals surface area contributed by atoms with E-state index in [4.69, 9.17) is 19.9 Å². The largest absolute Gasteiger partial charge is 0.497 e. The van der Waals surface area contributed by atoms with E-state index in [0.717, 1.165) is 11.3 Å². The summed E-state index contributed by atoms with van der Waals surface area (Å²) in [7, 11) is 3.13. The standard InChI is InChI=1S/C29H35N5O7/c1-28(2,41-27(30)38)25(36)31-22(17-40-21-12-8-11-20(15-21)39-4)24(35)34-14-13-23-29(18-34,26(37)33(3)32-23)16-19-9-6-5-7-10-19/h5-12,15,22H,13-14,16-18H2,1-4H3,(H2,30,38)(H,31,36)/t22?,29-/m1/s1. The maximum atomic E-state index is 14.0. The summed E-state index contributed by atoms with van der Waals surface area (Å²) < 4.78 is 16.1. The van der Waals surface area contributed by atoms with Crippen molar-refractivity contribution in [3.8, 4) is 11.5 Å². The number of primary amides is 1. The number of likely N-dealkylation sites (tertiary alicyclic amines) is 1. The van der Waals surface area contributed by atoms with Crippen LogP contribution in [0.4, 0.5) is 4.79 Å². The van der Waals surface area contributed by atoms with Gasteiger partial charge in [0.25, 0.3) is 11.8 Å². The number of hydrazone groups is 1. The number of ether oxygens (including phenoxy) is 3. The third-order valence-corrected chi connectivity index (χ3v) is 7.23. The predicted octanol–water partition coefficient (Wildman–Crippen LogP) is 1.72. The van der Waals surface area contributed by atoms with E-state index in [1.165, 1.54) is 26.0 Å². The van der Waals surface area contributed by atoms with Crippen LogP contribution < -0.4 is 20.5 Å². The zero-order valence-corrected chi connectivity index (χ0v) is 23.6. The fourth-order valence-electron chi connectivity index (χ4n) is 5.11. The van der Waals surface area contributed by atoms with E-state index in [9.17, 15) is 19.2 Å². The molecule has 0 aromatic heterocycles. The molecule has 0 spiro atoms. The number of fused-ring (bicyclic) bond motifs is 1. The molecule has 218 valence electrons. The Hall–Kier alpha value is -4.61. The fraction of sp³-hybridized carbons (Fsp3) is 0.414. The van der Waals surface area contributed by atoms with E-state index in [2.05, 4.69) is 10.4 Å². The molecule has 12 nitrogen and oxygen atoms in total. The Morgan fingerprint density at radius 3 is 2.51 bits per heavy atom.